The molecule has 1 aromatic heterocycles. The van der Waals surface area contributed by atoms with E-state index in [0.717, 1.165) is 11.5 Å². The fourth-order valence-corrected chi connectivity index (χ4v) is 2.47. The maximum absolute atomic E-state index is 12.1. The van der Waals surface area contributed by atoms with Crippen LogP contribution in [0.3, 0.4) is 0 Å². The Morgan fingerprint density at radius 1 is 1.17 bits per heavy atom. The zero-order valence-electron chi connectivity index (χ0n) is 13.7. The van der Waals surface area contributed by atoms with E-state index in [1.165, 1.54) is 0 Å². The van der Waals surface area contributed by atoms with Crippen molar-refractivity contribution in [3.05, 3.63) is 45.6 Å². The largest absolute Gasteiger partial charge is 0.363 e. The molecule has 0 radical (unpaired) electrons. The van der Waals surface area contributed by atoms with Crippen LogP contribution >= 0.6 is 23.2 Å². The summed E-state index contributed by atoms with van der Waals surface area (Å²) in [5.74, 6) is 1.09. The summed E-state index contributed by atoms with van der Waals surface area (Å²) in [7, 11) is 3.84. The molecule has 0 saturated heterocycles. The Labute approximate surface area is 151 Å². The van der Waals surface area contributed by atoms with Gasteiger partial charge in [0.1, 0.15) is 5.82 Å². The minimum absolute atomic E-state index is 0.252. The molecular formula is C16H19Cl2N5O. The summed E-state index contributed by atoms with van der Waals surface area (Å²) in [6, 6.07) is 6.67. The molecule has 0 aliphatic heterocycles. The molecule has 24 heavy (non-hydrogen) atoms. The van der Waals surface area contributed by atoms with Gasteiger partial charge in [0.2, 0.25) is 5.95 Å². The number of rotatable bonds is 6. The highest BCUT2D eigenvalue weighted by molar-refractivity contribution is 6.36. The second-order valence-electron chi connectivity index (χ2n) is 5.39. The molecule has 0 fully saturated rings. The third-order valence-corrected chi connectivity index (χ3v) is 3.72. The van der Waals surface area contributed by atoms with Crippen molar-refractivity contribution in [2.75, 3.05) is 37.4 Å². The molecule has 6 nitrogen and oxygen atoms in total. The first-order chi connectivity index (χ1) is 11.4. The first-order valence-electron chi connectivity index (χ1n) is 7.37. The molecule has 1 heterocycles. The Morgan fingerprint density at radius 3 is 2.58 bits per heavy atom. The van der Waals surface area contributed by atoms with Crippen molar-refractivity contribution < 1.29 is 4.79 Å². The van der Waals surface area contributed by atoms with E-state index >= 15 is 0 Å². The molecule has 128 valence electrons. The molecule has 8 heteroatoms. The number of hydrogen-bond acceptors (Lipinski definition) is 5. The SMILES string of the molecule is Cc1cc(N(C)C)nc(NCCNC(=O)c2ccc(Cl)cc2Cl)n1. The molecular weight excluding hydrogens is 349 g/mol. The van der Waals surface area contributed by atoms with E-state index in [1.807, 2.05) is 32.0 Å². The van der Waals surface area contributed by atoms with Gasteiger partial charge in [0.05, 0.1) is 10.6 Å². The molecule has 0 saturated carbocycles. The van der Waals surface area contributed by atoms with Crippen molar-refractivity contribution in [2.45, 2.75) is 6.92 Å². The quantitative estimate of drug-likeness (QED) is 0.768. The second kappa shape index (κ2) is 8.17. The van der Waals surface area contributed by atoms with Gasteiger partial charge in [-0.15, -0.1) is 0 Å². The van der Waals surface area contributed by atoms with Crippen molar-refractivity contribution in [2.24, 2.45) is 0 Å². The number of nitrogens with zero attached hydrogens (tertiary/aromatic N) is 3. The third kappa shape index (κ3) is 4.97. The Hall–Kier alpha value is -2.05. The van der Waals surface area contributed by atoms with Gasteiger partial charge in [-0.3, -0.25) is 4.79 Å². The number of aryl methyl sites for hydroxylation is 1. The standard InChI is InChI=1S/C16H19Cl2N5O/c1-10-8-14(23(2)3)22-16(21-10)20-7-6-19-15(24)12-5-4-11(17)9-13(12)18/h4-5,8-9H,6-7H2,1-3H3,(H,19,24)(H,20,21,22). The van der Waals surface area contributed by atoms with Crippen LogP contribution in [0.5, 0.6) is 0 Å². The Bertz CT molecular complexity index is 736. The minimum atomic E-state index is -0.252. The topological polar surface area (TPSA) is 70.2 Å². The number of nitrogens with one attached hydrogen (secondary N) is 2. The first-order valence-corrected chi connectivity index (χ1v) is 8.12. The van der Waals surface area contributed by atoms with Crippen molar-refractivity contribution >= 4 is 40.9 Å². The molecule has 2 aromatic rings. The lowest BCUT2D eigenvalue weighted by atomic mass is 10.2. The van der Waals surface area contributed by atoms with Gasteiger partial charge in [0, 0.05) is 44.0 Å². The molecule has 1 amide bonds. The van der Waals surface area contributed by atoms with E-state index in [1.54, 1.807) is 18.2 Å². The normalized spacial score (nSPS) is 10.4. The highest BCUT2D eigenvalue weighted by Gasteiger charge is 2.10. The summed E-state index contributed by atoms with van der Waals surface area (Å²) in [5, 5.41) is 6.70. The number of amides is 1. The second-order valence-corrected chi connectivity index (χ2v) is 6.24. The predicted molar refractivity (Wildman–Crippen MR) is 98.4 cm³/mol. The number of halogens is 2. The van der Waals surface area contributed by atoms with E-state index in [4.69, 9.17) is 23.2 Å². The maximum atomic E-state index is 12.1. The van der Waals surface area contributed by atoms with Gasteiger partial charge in [0.15, 0.2) is 0 Å². The smallest absolute Gasteiger partial charge is 0.252 e. The van der Waals surface area contributed by atoms with Crippen LogP contribution in [0, 0.1) is 6.92 Å². The lowest BCUT2D eigenvalue weighted by Gasteiger charge is -2.14. The lowest BCUT2D eigenvalue weighted by Crippen LogP contribution is -2.29. The maximum Gasteiger partial charge on any atom is 0.252 e. The van der Waals surface area contributed by atoms with Crippen molar-refractivity contribution in [3.63, 3.8) is 0 Å². The summed E-state index contributed by atoms with van der Waals surface area (Å²) in [5.41, 5.74) is 1.26. The molecule has 0 aliphatic carbocycles. The van der Waals surface area contributed by atoms with Gasteiger partial charge in [-0.1, -0.05) is 23.2 Å². The number of anilines is 2. The van der Waals surface area contributed by atoms with Crippen molar-refractivity contribution in [1.29, 1.82) is 0 Å². The van der Waals surface area contributed by atoms with Gasteiger partial charge in [-0.2, -0.15) is 4.98 Å². The van der Waals surface area contributed by atoms with E-state index in [9.17, 15) is 4.79 Å². The van der Waals surface area contributed by atoms with Crippen LogP contribution in [0.2, 0.25) is 10.0 Å². The lowest BCUT2D eigenvalue weighted by molar-refractivity contribution is 0.0955. The van der Waals surface area contributed by atoms with Gasteiger partial charge in [-0.05, 0) is 25.1 Å². The number of hydrogen-bond donors (Lipinski definition) is 2. The van der Waals surface area contributed by atoms with E-state index in [0.29, 0.717) is 34.6 Å². The average molecular weight is 368 g/mol. The fourth-order valence-electron chi connectivity index (χ4n) is 1.98. The van der Waals surface area contributed by atoms with Crippen LogP contribution in [-0.4, -0.2) is 43.1 Å². The summed E-state index contributed by atoms with van der Waals surface area (Å²) in [6.07, 6.45) is 0. The van der Waals surface area contributed by atoms with Crippen LogP contribution in [0.15, 0.2) is 24.3 Å². The van der Waals surface area contributed by atoms with E-state index in [-0.39, 0.29) is 5.91 Å². The van der Waals surface area contributed by atoms with Crippen LogP contribution in [0.1, 0.15) is 16.1 Å². The summed E-state index contributed by atoms with van der Waals surface area (Å²) in [4.78, 5) is 22.7. The van der Waals surface area contributed by atoms with Gasteiger partial charge in [-0.25, -0.2) is 4.98 Å². The minimum Gasteiger partial charge on any atom is -0.363 e. The van der Waals surface area contributed by atoms with E-state index < -0.39 is 0 Å². The van der Waals surface area contributed by atoms with Crippen LogP contribution in [0.25, 0.3) is 0 Å². The average Bonchev–Trinajstić information content (AvgIpc) is 2.50. The number of benzene rings is 1. The van der Waals surface area contributed by atoms with Crippen LogP contribution in [0.4, 0.5) is 11.8 Å². The summed E-state index contributed by atoms with van der Waals surface area (Å²) < 4.78 is 0. The Balaban J connectivity index is 1.88. The van der Waals surface area contributed by atoms with Gasteiger partial charge >= 0.3 is 0 Å². The molecule has 0 aliphatic rings. The zero-order chi connectivity index (χ0) is 17.7. The van der Waals surface area contributed by atoms with Crippen LogP contribution < -0.4 is 15.5 Å². The van der Waals surface area contributed by atoms with Gasteiger partial charge in [0.25, 0.3) is 5.91 Å². The highest BCUT2D eigenvalue weighted by atomic mass is 35.5. The van der Waals surface area contributed by atoms with Gasteiger partial charge < -0.3 is 15.5 Å². The first kappa shape index (κ1) is 18.3. The predicted octanol–water partition coefficient (Wildman–Crippen LogP) is 3.00. The number of carbonyl (C=O) groups excluding carboxylic acids is 1. The summed E-state index contributed by atoms with van der Waals surface area (Å²) >= 11 is 11.8. The number of aromatic nitrogens is 2. The molecule has 1 aromatic carbocycles. The summed E-state index contributed by atoms with van der Waals surface area (Å²) in [6.45, 7) is 2.81. The van der Waals surface area contributed by atoms with Crippen LogP contribution in [-0.2, 0) is 0 Å². The molecule has 0 atom stereocenters. The Morgan fingerprint density at radius 2 is 1.92 bits per heavy atom. The number of carbonyl (C=O) groups is 1. The van der Waals surface area contributed by atoms with E-state index in [2.05, 4.69) is 20.6 Å². The molecule has 2 N–H and O–H groups in total. The van der Waals surface area contributed by atoms with Crippen molar-refractivity contribution in [1.82, 2.24) is 15.3 Å². The zero-order valence-corrected chi connectivity index (χ0v) is 15.2. The molecule has 0 unspecified atom stereocenters. The monoisotopic (exact) mass is 367 g/mol. The highest BCUT2D eigenvalue weighted by Crippen LogP contribution is 2.20. The Kier molecular flexibility index (Phi) is 6.23. The fraction of sp³-hybridized carbons (Fsp3) is 0.312. The molecule has 2 rings (SSSR count). The third-order valence-electron chi connectivity index (χ3n) is 3.17. The van der Waals surface area contributed by atoms with Crippen molar-refractivity contribution in [3.8, 4) is 0 Å². The molecule has 0 spiro atoms. The molecule has 0 bridgehead atoms.